The summed E-state index contributed by atoms with van der Waals surface area (Å²) in [5.74, 6) is -11.8. The summed E-state index contributed by atoms with van der Waals surface area (Å²) >= 11 is 2.52. The average molecular weight is 1600 g/mol. The number of aliphatic hydroxyl groups is 2. The maximum absolute atomic E-state index is 15.2. The van der Waals surface area contributed by atoms with Crippen molar-refractivity contribution in [2.24, 2.45) is 17.1 Å². The van der Waals surface area contributed by atoms with Crippen molar-refractivity contribution < 1.29 is 87.5 Å². The molecule has 3 aromatic carbocycles. The van der Waals surface area contributed by atoms with Gasteiger partial charge in [-0.3, -0.25) is 62.3 Å². The van der Waals surface area contributed by atoms with E-state index in [0.717, 1.165) is 11.1 Å². The smallest absolute Gasteiger partial charge is 0.246 e. The van der Waals surface area contributed by atoms with Gasteiger partial charge in [0.1, 0.15) is 88.6 Å². The quantitative estimate of drug-likeness (QED) is 0.0832. The Balaban J connectivity index is 1.14. The number of thioether (sulfide) groups is 2. The Morgan fingerprint density at radius 2 is 1.20 bits per heavy atom. The Kier molecular flexibility index (Phi) is 30.8. The van der Waals surface area contributed by atoms with Crippen LogP contribution in [0.1, 0.15) is 123 Å². The zero-order valence-corrected chi connectivity index (χ0v) is 66.6. The number of aromatic nitrogens is 2. The Hall–Kier alpha value is -10.4. The lowest BCUT2D eigenvalue weighted by molar-refractivity contribution is -0.143. The third-order valence-corrected chi connectivity index (χ3v) is 22.5. The first kappa shape index (κ1) is 88.2. The molecule has 8 rings (SSSR count). The van der Waals surface area contributed by atoms with Gasteiger partial charge < -0.3 is 99.3 Å². The number of nitrogens with zero attached hydrogens (tertiary/aromatic N) is 2. The van der Waals surface area contributed by atoms with E-state index in [1.165, 1.54) is 118 Å². The molecule has 13 amide bonds. The summed E-state index contributed by atoms with van der Waals surface area (Å²) in [5.41, 5.74) is 4.35. The third-order valence-electron chi connectivity index (χ3n) is 20.3. The van der Waals surface area contributed by atoms with Gasteiger partial charge in [-0.25, -0.2) is 4.98 Å². The van der Waals surface area contributed by atoms with Crippen molar-refractivity contribution in [3.05, 3.63) is 125 Å². The van der Waals surface area contributed by atoms with Crippen LogP contribution in [0.15, 0.2) is 97.3 Å². The number of hydrogen-bond acceptors (Lipinski definition) is 21. The molecule has 35 heteroatoms. The fourth-order valence-corrected chi connectivity index (χ4v) is 15.3. The Morgan fingerprint density at radius 1 is 0.646 bits per heavy atom. The molecule has 0 radical (unpaired) electrons. The van der Waals surface area contributed by atoms with Crippen LogP contribution in [0, 0.1) is 11.3 Å². The van der Waals surface area contributed by atoms with Crippen LogP contribution >= 0.6 is 23.5 Å². The first-order valence-corrected chi connectivity index (χ1v) is 39.8. The van der Waals surface area contributed by atoms with Crippen LogP contribution in [-0.4, -0.2) is 227 Å². The second-order valence-corrected chi connectivity index (χ2v) is 32.6. The number of nitrogens with two attached hydrogens (primary N) is 1. The van der Waals surface area contributed by atoms with Gasteiger partial charge in [0.2, 0.25) is 76.8 Å². The molecular formula is C78H105N15O18S2. The predicted molar refractivity (Wildman–Crippen MR) is 420 cm³/mol. The third kappa shape index (κ3) is 23.9. The number of fused-ring (bicyclic) bond motifs is 4. The highest BCUT2D eigenvalue weighted by atomic mass is 32.2. The van der Waals surface area contributed by atoms with E-state index in [1.54, 1.807) is 59.0 Å². The van der Waals surface area contributed by atoms with Gasteiger partial charge in [-0.2, -0.15) is 23.5 Å². The summed E-state index contributed by atoms with van der Waals surface area (Å²) in [6.07, 6.45) is -0.931. The van der Waals surface area contributed by atoms with E-state index in [9.17, 15) is 68.4 Å². The van der Waals surface area contributed by atoms with Crippen molar-refractivity contribution in [2.75, 3.05) is 31.3 Å². The number of nitrogens with one attached hydrogen (secondary N) is 12. The van der Waals surface area contributed by atoms with Crippen molar-refractivity contribution in [1.29, 1.82) is 0 Å². The molecule has 2 bridgehead atoms. The number of aromatic hydroxyl groups is 2. The molecule has 18 N–H and O–H groups in total. The standard InChI is InChI=1S/C78H105N15O18S2/c1-41(2)77(10)74(109)89-61(44(5)95)71(106)87-57(63(79)99)39-112-37-48-14-11-15-49(32-48)38-113-40-58(83-45(6)96)66(101)90-62(76(7,8)9)72(107)86-56(34-47-20-24-52(98)25-21-47)73(108)93-29-13-17-59(93)69(104)88-60(43(4)94)70(105)85-55(35-50-36-81-64-53(50)16-12-28-80-64)68(103)92-78(26-30-111-31-27-78)75(110)82-42(3)65(100)84-54(67(102)91-77)33-46-18-22-51(97)23-19-46/h11-12,14-16,18-25,28,32,36,41-44,54-62,94-95,97-98H,13,17,26-27,29-31,33-35,37-40H2,1-10H3,(H2,79,99)(H,80,81)(H,82,110)(H,83,96)(H,84,100)(H,85,105)(H,86,107)(H,87,106)(H,88,104)(H,89,109)(H,90,101)(H,91,102)(H,92,103)/t42-,43+,44+,54-,55-,56-,57+,58-,59-,60-,61-,62?,77-/m0/s1. The van der Waals surface area contributed by atoms with Crippen molar-refractivity contribution in [3.63, 3.8) is 0 Å². The second kappa shape index (κ2) is 39.4. The molecular weight excluding hydrogens is 1500 g/mol. The number of phenols is 2. The summed E-state index contributed by atoms with van der Waals surface area (Å²) in [6.45, 7) is 14.4. The van der Waals surface area contributed by atoms with Crippen LogP contribution in [0.25, 0.3) is 11.0 Å². The highest BCUT2D eigenvalue weighted by Gasteiger charge is 2.48. The maximum Gasteiger partial charge on any atom is 0.246 e. The van der Waals surface area contributed by atoms with Gasteiger partial charge in [0, 0.05) is 99.6 Å². The fraction of sp³-hybridized carbons (Fsp3) is 0.513. The van der Waals surface area contributed by atoms with E-state index in [2.05, 4.69) is 68.5 Å². The first-order chi connectivity index (χ1) is 53.4. The summed E-state index contributed by atoms with van der Waals surface area (Å²) in [5, 5.41) is 73.1. The molecule has 1 spiro atoms. The topological polar surface area (TPSA) is 502 Å². The van der Waals surface area contributed by atoms with Crippen LogP contribution in [0.4, 0.5) is 0 Å². The van der Waals surface area contributed by atoms with E-state index < -0.39 is 172 Å². The minimum Gasteiger partial charge on any atom is -0.508 e. The van der Waals surface area contributed by atoms with Gasteiger partial charge in [-0.15, -0.1) is 0 Å². The van der Waals surface area contributed by atoms with E-state index in [1.807, 2.05) is 18.2 Å². The fourth-order valence-electron chi connectivity index (χ4n) is 13.3. The number of primary amides is 1. The molecule has 5 heterocycles. The summed E-state index contributed by atoms with van der Waals surface area (Å²) in [7, 11) is 0. The molecule has 0 saturated carbocycles. The number of ether oxygens (including phenoxy) is 1. The van der Waals surface area contributed by atoms with Gasteiger partial charge >= 0.3 is 0 Å². The summed E-state index contributed by atoms with van der Waals surface area (Å²) in [6, 6.07) is 7.42. The van der Waals surface area contributed by atoms with Crippen molar-refractivity contribution in [3.8, 4) is 11.5 Å². The number of benzene rings is 3. The molecule has 3 aliphatic heterocycles. The van der Waals surface area contributed by atoms with Crippen molar-refractivity contribution in [1.82, 2.24) is 73.4 Å². The van der Waals surface area contributed by atoms with E-state index >= 15 is 14.4 Å². The second-order valence-electron chi connectivity index (χ2n) is 30.6. The molecule has 2 fully saturated rings. The first-order valence-electron chi connectivity index (χ1n) is 37.5. The van der Waals surface area contributed by atoms with Crippen LogP contribution in [0.3, 0.4) is 0 Å². The molecule has 612 valence electrons. The van der Waals surface area contributed by atoms with Gasteiger partial charge in [-0.1, -0.05) is 83.1 Å². The lowest BCUT2D eigenvalue weighted by Crippen LogP contribution is -2.68. The molecule has 33 nitrogen and oxygen atoms in total. The number of amides is 13. The molecule has 3 aliphatic rings. The van der Waals surface area contributed by atoms with Gasteiger partial charge in [0.05, 0.1) is 12.2 Å². The molecule has 113 heavy (non-hydrogen) atoms. The molecule has 13 atom stereocenters. The highest BCUT2D eigenvalue weighted by molar-refractivity contribution is 7.98. The van der Waals surface area contributed by atoms with Gasteiger partial charge in [0.15, 0.2) is 0 Å². The predicted octanol–water partition coefficient (Wildman–Crippen LogP) is 0.0655. The molecule has 2 aromatic heterocycles. The zero-order valence-electron chi connectivity index (χ0n) is 64.9. The minimum atomic E-state index is -1.92. The number of carbonyl (C=O) groups is 13. The molecule has 5 aromatic rings. The van der Waals surface area contributed by atoms with Gasteiger partial charge in [0.25, 0.3) is 0 Å². The Morgan fingerprint density at radius 3 is 1.79 bits per heavy atom. The number of H-pyrrole nitrogens is 1. The largest absolute Gasteiger partial charge is 0.508 e. The molecule has 0 aliphatic carbocycles. The normalized spacial score (nSPS) is 26.0. The van der Waals surface area contributed by atoms with E-state index in [0.29, 0.717) is 39.2 Å². The van der Waals surface area contributed by atoms with Crippen molar-refractivity contribution in [2.45, 2.75) is 209 Å². The van der Waals surface area contributed by atoms with Crippen LogP contribution < -0.4 is 64.2 Å². The SMILES string of the molecule is CC(=O)N[C@H]1CSCc2cccc(c2)CSC[C@H](C(N)=O)NC(=O)[C@H]([C@@H](C)O)NC(=O)[C@](C)(C(C)C)NC(=O)[C@H](Cc2ccc(O)cc2)NC(=O)[C@H](C)NC(=O)C2(CCOCC2)NC(=O)[C@H](Cc2c[nH]c3ncccc23)NC(=O)[C@H]([C@@H](C)O)NC(=O)[C@@H]2CCCN2C(=O)[C@H](Cc2ccc(O)cc2)NC(=O)C(C(C)(C)C)NC1=O. The monoisotopic (exact) mass is 1600 g/mol. The number of carbonyl (C=O) groups excluding carboxylic acids is 13. The minimum absolute atomic E-state index is 0.0113. The van der Waals surface area contributed by atoms with Crippen molar-refractivity contribution >= 4 is 111 Å². The summed E-state index contributed by atoms with van der Waals surface area (Å²) in [4.78, 5) is 197. The zero-order chi connectivity index (χ0) is 82.8. The molecule has 2 saturated heterocycles. The lowest BCUT2D eigenvalue weighted by Gasteiger charge is -2.38. The number of rotatable bonds is 11. The van der Waals surface area contributed by atoms with Crippen LogP contribution in [-0.2, 0) is 97.8 Å². The Bertz CT molecular complexity index is 4260. The maximum atomic E-state index is 15.2. The highest BCUT2D eigenvalue weighted by Crippen LogP contribution is 2.28. The van der Waals surface area contributed by atoms with Crippen LogP contribution in [0.2, 0.25) is 0 Å². The van der Waals surface area contributed by atoms with Crippen LogP contribution in [0.5, 0.6) is 11.5 Å². The number of pyridine rings is 1. The van der Waals surface area contributed by atoms with E-state index in [-0.39, 0.29) is 87.7 Å². The number of aromatic amines is 1. The summed E-state index contributed by atoms with van der Waals surface area (Å²) < 4.78 is 5.68. The Labute approximate surface area is 663 Å². The molecule has 1 unspecified atom stereocenters. The number of phenolic OH excluding ortho intramolecular Hbond substituents is 2. The average Bonchev–Trinajstić information content (AvgIpc) is 1.19. The van der Waals surface area contributed by atoms with E-state index in [4.69, 9.17) is 10.5 Å². The number of hydrogen-bond donors (Lipinski definition) is 17. The number of aliphatic hydroxyl groups excluding tert-OH is 2. The lowest BCUT2D eigenvalue weighted by atomic mass is 9.85. The van der Waals surface area contributed by atoms with Gasteiger partial charge in [-0.05, 0) is 116 Å².